The molecule has 1 aliphatic heterocycles. The Morgan fingerprint density at radius 2 is 2.00 bits per heavy atom. The van der Waals surface area contributed by atoms with Gasteiger partial charge in [0.25, 0.3) is 5.91 Å². The molecule has 13 nitrogen and oxygen atoms in total. The number of nitrogen functional groups attached to an aromatic ring is 1. The molecule has 0 saturated carbocycles. The van der Waals surface area contributed by atoms with Gasteiger partial charge in [0.05, 0.1) is 12.8 Å². The maximum Gasteiger partial charge on any atom is 0.292 e. The first-order chi connectivity index (χ1) is 19.9. The van der Waals surface area contributed by atoms with Crippen molar-refractivity contribution in [2.24, 2.45) is 5.10 Å². The minimum Gasteiger partial charge on any atom is -0.493 e. The third-order valence-electron chi connectivity index (χ3n) is 6.29. The fourth-order valence-corrected chi connectivity index (χ4v) is 4.75. The maximum absolute atomic E-state index is 13.3. The van der Waals surface area contributed by atoms with Crippen molar-refractivity contribution in [3.63, 3.8) is 0 Å². The van der Waals surface area contributed by atoms with Crippen LogP contribution in [-0.2, 0) is 13.2 Å². The number of likely N-dealkylation sites (tertiary alicyclic amines) is 1. The molecule has 1 aliphatic rings. The van der Waals surface area contributed by atoms with Crippen molar-refractivity contribution in [1.29, 1.82) is 0 Å². The fraction of sp³-hybridized carbons (Fsp3) is 0.308. The lowest BCUT2D eigenvalue weighted by atomic mass is 10.2. The first-order valence-electron chi connectivity index (χ1n) is 12.8. The highest BCUT2D eigenvalue weighted by molar-refractivity contribution is 6.35. The van der Waals surface area contributed by atoms with Crippen LogP contribution in [0.4, 0.5) is 5.82 Å². The molecule has 0 atom stereocenters. The van der Waals surface area contributed by atoms with Crippen LogP contribution in [-0.4, -0.2) is 62.0 Å². The Morgan fingerprint density at radius 1 is 1.17 bits per heavy atom. The maximum atomic E-state index is 13.3. The zero-order valence-electron chi connectivity index (χ0n) is 22.1. The van der Waals surface area contributed by atoms with Crippen LogP contribution in [0.15, 0.2) is 46.1 Å². The van der Waals surface area contributed by atoms with E-state index in [1.807, 2.05) is 13.0 Å². The Labute approximate surface area is 245 Å². The van der Waals surface area contributed by atoms with Crippen LogP contribution in [0.5, 0.6) is 11.5 Å². The topological polar surface area (TPSA) is 159 Å². The van der Waals surface area contributed by atoms with Gasteiger partial charge in [0.2, 0.25) is 11.6 Å². The number of nitrogens with one attached hydrogen (secondary N) is 1. The van der Waals surface area contributed by atoms with Gasteiger partial charge < -0.3 is 15.2 Å². The van der Waals surface area contributed by atoms with E-state index in [1.54, 1.807) is 30.3 Å². The van der Waals surface area contributed by atoms with Gasteiger partial charge in [-0.05, 0) is 67.4 Å². The zero-order valence-corrected chi connectivity index (χ0v) is 23.6. The molecule has 5 rings (SSSR count). The van der Waals surface area contributed by atoms with E-state index in [4.69, 9.17) is 43.0 Å². The third-order valence-corrected chi connectivity index (χ3v) is 6.87. The Balaban J connectivity index is 1.31. The molecule has 1 amide bonds. The average Bonchev–Trinajstić information content (AvgIpc) is 3.71. The lowest BCUT2D eigenvalue weighted by Crippen LogP contribution is -2.26. The molecule has 1 saturated heterocycles. The molecule has 0 unspecified atom stereocenters. The number of aromatic nitrogens is 5. The molecule has 41 heavy (non-hydrogen) atoms. The number of nitrogens with zero attached hydrogens (tertiary/aromatic N) is 7. The lowest BCUT2D eigenvalue weighted by Gasteiger charge is -2.13. The van der Waals surface area contributed by atoms with Crippen LogP contribution >= 0.6 is 23.2 Å². The second-order valence-electron chi connectivity index (χ2n) is 9.11. The number of nitrogens with two attached hydrogens (primary N) is 1. The van der Waals surface area contributed by atoms with Crippen LogP contribution in [0.3, 0.4) is 0 Å². The molecule has 214 valence electrons. The van der Waals surface area contributed by atoms with Gasteiger partial charge in [0, 0.05) is 33.8 Å². The minimum absolute atomic E-state index is 0.0258. The van der Waals surface area contributed by atoms with Crippen LogP contribution in [0, 0.1) is 0 Å². The summed E-state index contributed by atoms with van der Waals surface area (Å²) < 4.78 is 17.6. The molecule has 2 aromatic heterocycles. The second kappa shape index (κ2) is 13.0. The Morgan fingerprint density at radius 3 is 2.73 bits per heavy atom. The highest BCUT2D eigenvalue weighted by Gasteiger charge is 2.27. The van der Waals surface area contributed by atoms with Gasteiger partial charge in [-0.25, -0.2) is 10.1 Å². The number of anilines is 1. The first-order valence-corrected chi connectivity index (χ1v) is 13.6. The normalized spacial score (nSPS) is 13.6. The van der Waals surface area contributed by atoms with Gasteiger partial charge in [0.15, 0.2) is 5.69 Å². The van der Waals surface area contributed by atoms with Crippen LogP contribution < -0.4 is 20.6 Å². The Hall–Kier alpha value is -4.20. The molecule has 0 radical (unpaired) electrons. The minimum atomic E-state index is -0.555. The Bertz CT molecular complexity index is 1550. The number of hydrogen-bond donors (Lipinski definition) is 2. The number of rotatable bonds is 11. The summed E-state index contributed by atoms with van der Waals surface area (Å²) in [6.07, 6.45) is 3.64. The molecule has 1 fully saturated rings. The van der Waals surface area contributed by atoms with E-state index in [0.29, 0.717) is 46.0 Å². The predicted molar refractivity (Wildman–Crippen MR) is 152 cm³/mol. The molecule has 0 bridgehead atoms. The smallest absolute Gasteiger partial charge is 0.292 e. The number of halogens is 2. The van der Waals surface area contributed by atoms with Crippen molar-refractivity contribution in [2.75, 3.05) is 25.4 Å². The number of carbonyl (C=O) groups excluding carboxylic acids is 1. The van der Waals surface area contributed by atoms with Gasteiger partial charge >= 0.3 is 0 Å². The molecular weight excluding hydrogens is 573 g/mol. The summed E-state index contributed by atoms with van der Waals surface area (Å²) in [6.45, 7) is 4.79. The van der Waals surface area contributed by atoms with Crippen molar-refractivity contribution in [3.05, 3.63) is 69.0 Å². The molecule has 0 aliphatic carbocycles. The van der Waals surface area contributed by atoms with E-state index in [9.17, 15) is 4.79 Å². The highest BCUT2D eigenvalue weighted by Crippen LogP contribution is 2.27. The van der Waals surface area contributed by atoms with Gasteiger partial charge in [-0.2, -0.15) is 9.78 Å². The third kappa shape index (κ3) is 6.76. The summed E-state index contributed by atoms with van der Waals surface area (Å²) in [5, 5.41) is 20.8. The molecule has 3 heterocycles. The highest BCUT2D eigenvalue weighted by atomic mass is 35.5. The summed E-state index contributed by atoms with van der Waals surface area (Å²) in [5.41, 5.74) is 10.4. The zero-order chi connectivity index (χ0) is 28.8. The van der Waals surface area contributed by atoms with E-state index in [2.05, 4.69) is 36.1 Å². The summed E-state index contributed by atoms with van der Waals surface area (Å²) in [4.78, 5) is 15.5. The van der Waals surface area contributed by atoms with Gasteiger partial charge in [0.1, 0.15) is 23.8 Å². The fourth-order valence-electron chi connectivity index (χ4n) is 4.29. The molecule has 4 aromatic rings. The monoisotopic (exact) mass is 599 g/mol. The van der Waals surface area contributed by atoms with Crippen molar-refractivity contribution >= 4 is 41.1 Å². The Kier molecular flexibility index (Phi) is 8.97. The van der Waals surface area contributed by atoms with E-state index in [0.717, 1.165) is 31.5 Å². The van der Waals surface area contributed by atoms with E-state index >= 15 is 0 Å². The van der Waals surface area contributed by atoms with Gasteiger partial charge in [-0.1, -0.05) is 34.5 Å². The van der Waals surface area contributed by atoms with Crippen molar-refractivity contribution < 1.29 is 18.9 Å². The number of amides is 1. The number of benzene rings is 2. The van der Waals surface area contributed by atoms with Crippen molar-refractivity contribution in [1.82, 2.24) is 35.6 Å². The van der Waals surface area contributed by atoms with Gasteiger partial charge in [-0.3, -0.25) is 9.69 Å². The molecule has 3 N–H and O–H groups in total. The molecule has 2 aromatic carbocycles. The van der Waals surface area contributed by atoms with Crippen LogP contribution in [0.2, 0.25) is 10.0 Å². The van der Waals surface area contributed by atoms with E-state index in [1.165, 1.54) is 10.9 Å². The van der Waals surface area contributed by atoms with Gasteiger partial charge in [-0.15, -0.1) is 5.10 Å². The molecule has 0 spiro atoms. The van der Waals surface area contributed by atoms with E-state index < -0.39 is 5.91 Å². The molecule has 15 heteroatoms. The second-order valence-corrected chi connectivity index (χ2v) is 9.95. The number of carbonyl (C=O) groups is 1. The average molecular weight is 600 g/mol. The largest absolute Gasteiger partial charge is 0.493 e. The number of ether oxygens (including phenoxy) is 2. The standard InChI is InChI=1S/C26H27Cl2N9O4/c1-2-39-22-12-19(40-15-17-5-7-18(27)11-20(17)28)8-6-16(22)13-30-32-26(38)23-21(14-36-9-3-4-10-36)31-35-37(23)25-24(29)33-41-34-25/h5-8,11-13H,2-4,9-10,14-15H2,1H3,(H2,29,33)(H,32,38)/b30-13-. The van der Waals surface area contributed by atoms with Crippen LogP contribution in [0.25, 0.3) is 5.82 Å². The first kappa shape index (κ1) is 28.3. The number of hydrazone groups is 1. The van der Waals surface area contributed by atoms with Crippen LogP contribution in [0.1, 0.15) is 47.1 Å². The quantitative estimate of drug-likeness (QED) is 0.191. The summed E-state index contributed by atoms with van der Waals surface area (Å²) >= 11 is 12.2. The lowest BCUT2D eigenvalue weighted by molar-refractivity contribution is 0.0945. The SMILES string of the molecule is CCOc1cc(OCc2ccc(Cl)cc2Cl)ccc1/C=N\NC(=O)c1c(CN2CCCC2)nnn1-c1nonc1N. The molecular formula is C26H27Cl2N9O4. The summed E-state index contributed by atoms with van der Waals surface area (Å²) in [5.74, 6) is 0.574. The predicted octanol–water partition coefficient (Wildman–Crippen LogP) is 3.88. The van der Waals surface area contributed by atoms with Crippen molar-refractivity contribution in [2.45, 2.75) is 32.9 Å². The summed E-state index contributed by atoms with van der Waals surface area (Å²) in [7, 11) is 0. The van der Waals surface area contributed by atoms with Crippen molar-refractivity contribution in [3.8, 4) is 17.3 Å². The van der Waals surface area contributed by atoms with E-state index in [-0.39, 0.29) is 23.9 Å². The number of hydrogen-bond acceptors (Lipinski definition) is 11. The summed E-state index contributed by atoms with van der Waals surface area (Å²) in [6, 6.07) is 10.5.